The van der Waals surface area contributed by atoms with Crippen LogP contribution in [0.2, 0.25) is 5.02 Å². The van der Waals surface area contributed by atoms with Crippen LogP contribution in [0.3, 0.4) is 0 Å². The molecule has 1 aromatic heterocycles. The molecule has 3 heterocycles. The standard InChI is InChI=1S/C28H30ClFN6O4/c1-16-14-17(33-26(38)25-32-15-21(34(25)2)19-7-8-22(37)23(29)24(19)30)5-6-18(16)27(39)35-10-12-36(13-11-35)28(40)20-4-3-9-31-20/h5-8,14-15,20,31,37H,3-4,9-13H2,1-2H3,(H,33,38)/t20-/m0/s1. The van der Waals surface area contributed by atoms with Gasteiger partial charge >= 0.3 is 0 Å². The third-order valence-corrected chi connectivity index (χ3v) is 7.84. The summed E-state index contributed by atoms with van der Waals surface area (Å²) in [5.41, 5.74) is 2.09. The van der Waals surface area contributed by atoms with Crippen molar-refractivity contribution in [1.29, 1.82) is 0 Å². The minimum absolute atomic E-state index is 0.0385. The lowest BCUT2D eigenvalue weighted by Gasteiger charge is -2.36. The number of aromatic hydroxyl groups is 1. The van der Waals surface area contributed by atoms with E-state index in [0.717, 1.165) is 19.4 Å². The van der Waals surface area contributed by atoms with Crippen molar-refractivity contribution in [2.45, 2.75) is 25.8 Å². The molecule has 5 rings (SSSR count). The number of carbonyl (C=O) groups excluding carboxylic acids is 3. The summed E-state index contributed by atoms with van der Waals surface area (Å²) in [7, 11) is 1.57. The van der Waals surface area contributed by atoms with E-state index in [4.69, 9.17) is 11.6 Å². The Hall–Kier alpha value is -3.96. The number of nitrogens with zero attached hydrogens (tertiary/aromatic N) is 4. The first-order valence-corrected chi connectivity index (χ1v) is 13.5. The number of imidazole rings is 1. The summed E-state index contributed by atoms with van der Waals surface area (Å²) in [6.07, 6.45) is 3.21. The van der Waals surface area contributed by atoms with Gasteiger partial charge in [0, 0.05) is 50.0 Å². The van der Waals surface area contributed by atoms with E-state index in [1.807, 2.05) is 4.90 Å². The fraction of sp³-hybridized carbons (Fsp3) is 0.357. The van der Waals surface area contributed by atoms with Crippen molar-refractivity contribution in [3.8, 4) is 17.0 Å². The highest BCUT2D eigenvalue weighted by molar-refractivity contribution is 6.32. The summed E-state index contributed by atoms with van der Waals surface area (Å²) in [6, 6.07) is 7.54. The molecule has 10 nitrogen and oxygen atoms in total. The van der Waals surface area contributed by atoms with Crippen LogP contribution in [0.25, 0.3) is 11.3 Å². The molecule has 0 radical (unpaired) electrons. The number of aromatic nitrogens is 2. The van der Waals surface area contributed by atoms with E-state index in [-0.39, 0.29) is 35.0 Å². The number of piperazine rings is 1. The number of hydrogen-bond acceptors (Lipinski definition) is 6. The van der Waals surface area contributed by atoms with Gasteiger partial charge in [0.1, 0.15) is 10.8 Å². The molecule has 210 valence electrons. The van der Waals surface area contributed by atoms with Gasteiger partial charge in [0.05, 0.1) is 17.9 Å². The van der Waals surface area contributed by atoms with E-state index >= 15 is 0 Å². The molecule has 40 heavy (non-hydrogen) atoms. The van der Waals surface area contributed by atoms with Crippen LogP contribution in [0.1, 0.15) is 39.4 Å². The van der Waals surface area contributed by atoms with Crippen molar-refractivity contribution in [3.63, 3.8) is 0 Å². The number of carbonyl (C=O) groups is 3. The molecule has 1 atom stereocenters. The SMILES string of the molecule is Cc1cc(NC(=O)c2ncc(-c3ccc(O)c(Cl)c3F)n2C)ccc1C(=O)N1CCN(C(=O)[C@@H]2CCCN2)CC1. The summed E-state index contributed by atoms with van der Waals surface area (Å²) in [5, 5.41) is 15.2. The van der Waals surface area contributed by atoms with Gasteiger partial charge in [-0.3, -0.25) is 14.4 Å². The molecule has 0 aliphatic carbocycles. The zero-order valence-electron chi connectivity index (χ0n) is 22.2. The fourth-order valence-corrected chi connectivity index (χ4v) is 5.36. The second-order valence-electron chi connectivity index (χ2n) is 10.0. The Bertz CT molecular complexity index is 1480. The van der Waals surface area contributed by atoms with E-state index in [1.54, 1.807) is 37.1 Å². The number of hydrogen-bond donors (Lipinski definition) is 3. The molecular formula is C28H30ClFN6O4. The van der Waals surface area contributed by atoms with Crippen molar-refractivity contribution < 1.29 is 23.9 Å². The van der Waals surface area contributed by atoms with Crippen LogP contribution in [0.4, 0.5) is 10.1 Å². The Morgan fingerprint density at radius 1 is 1.12 bits per heavy atom. The van der Waals surface area contributed by atoms with Crippen molar-refractivity contribution in [1.82, 2.24) is 24.7 Å². The fourth-order valence-electron chi connectivity index (χ4n) is 5.19. The third kappa shape index (κ3) is 5.26. The monoisotopic (exact) mass is 568 g/mol. The van der Waals surface area contributed by atoms with Crippen LogP contribution in [0.15, 0.2) is 36.5 Å². The van der Waals surface area contributed by atoms with E-state index < -0.39 is 16.7 Å². The minimum Gasteiger partial charge on any atom is -0.506 e. The Morgan fingerprint density at radius 3 is 2.52 bits per heavy atom. The number of anilines is 1. The van der Waals surface area contributed by atoms with Gasteiger partial charge in [-0.25, -0.2) is 9.37 Å². The van der Waals surface area contributed by atoms with Crippen LogP contribution in [0, 0.1) is 12.7 Å². The maximum atomic E-state index is 14.6. The van der Waals surface area contributed by atoms with E-state index in [9.17, 15) is 23.9 Å². The first-order valence-electron chi connectivity index (χ1n) is 13.1. The van der Waals surface area contributed by atoms with Gasteiger partial charge in [0.2, 0.25) is 5.91 Å². The molecule has 3 N–H and O–H groups in total. The molecule has 2 fully saturated rings. The summed E-state index contributed by atoms with van der Waals surface area (Å²) < 4.78 is 16.0. The van der Waals surface area contributed by atoms with Crippen LogP contribution in [0.5, 0.6) is 5.75 Å². The molecule has 2 saturated heterocycles. The highest BCUT2D eigenvalue weighted by atomic mass is 35.5. The summed E-state index contributed by atoms with van der Waals surface area (Å²) in [5.74, 6) is -1.69. The molecule has 2 aliphatic rings. The highest BCUT2D eigenvalue weighted by Gasteiger charge is 2.31. The van der Waals surface area contributed by atoms with E-state index in [0.29, 0.717) is 48.7 Å². The van der Waals surface area contributed by atoms with Crippen molar-refractivity contribution in [3.05, 3.63) is 64.3 Å². The predicted molar refractivity (Wildman–Crippen MR) is 148 cm³/mol. The minimum atomic E-state index is -0.814. The maximum absolute atomic E-state index is 14.6. The number of phenolic OH excluding ortho intramolecular Hbond substituents is 1. The normalized spacial score (nSPS) is 17.2. The molecule has 2 aliphatic heterocycles. The number of aryl methyl sites for hydroxylation is 1. The Balaban J connectivity index is 1.23. The quantitative estimate of drug-likeness (QED) is 0.435. The summed E-state index contributed by atoms with van der Waals surface area (Å²) in [4.78, 5) is 46.6. The van der Waals surface area contributed by atoms with Gasteiger partial charge in [0.25, 0.3) is 11.8 Å². The van der Waals surface area contributed by atoms with Gasteiger partial charge in [-0.1, -0.05) is 11.6 Å². The summed E-state index contributed by atoms with van der Waals surface area (Å²) in [6.45, 7) is 4.59. The number of halogens is 2. The molecular weight excluding hydrogens is 539 g/mol. The lowest BCUT2D eigenvalue weighted by atomic mass is 10.1. The molecule has 2 aromatic carbocycles. The van der Waals surface area contributed by atoms with Crippen molar-refractivity contribution in [2.24, 2.45) is 7.05 Å². The second-order valence-corrected chi connectivity index (χ2v) is 10.4. The number of benzene rings is 2. The van der Waals surface area contributed by atoms with Crippen molar-refractivity contribution in [2.75, 3.05) is 38.0 Å². The van der Waals surface area contributed by atoms with E-state index in [1.165, 1.54) is 22.9 Å². The number of amides is 3. The highest BCUT2D eigenvalue weighted by Crippen LogP contribution is 2.34. The van der Waals surface area contributed by atoms with Gasteiger partial charge in [-0.05, 0) is 62.2 Å². The van der Waals surface area contributed by atoms with Gasteiger partial charge < -0.3 is 30.1 Å². The molecule has 0 spiro atoms. The molecule has 3 aromatic rings. The van der Waals surface area contributed by atoms with Crippen LogP contribution in [-0.2, 0) is 11.8 Å². The molecule has 3 amide bonds. The van der Waals surface area contributed by atoms with Gasteiger partial charge in [-0.15, -0.1) is 0 Å². The van der Waals surface area contributed by atoms with Crippen LogP contribution >= 0.6 is 11.6 Å². The average molecular weight is 569 g/mol. The largest absolute Gasteiger partial charge is 0.506 e. The second kappa shape index (κ2) is 11.3. The predicted octanol–water partition coefficient (Wildman–Crippen LogP) is 3.18. The van der Waals surface area contributed by atoms with Crippen LogP contribution in [-0.4, -0.2) is 80.9 Å². The molecule has 0 bridgehead atoms. The van der Waals surface area contributed by atoms with Crippen LogP contribution < -0.4 is 10.6 Å². The van der Waals surface area contributed by atoms with E-state index in [2.05, 4.69) is 15.6 Å². The molecule has 12 heteroatoms. The first kappa shape index (κ1) is 27.6. The van der Waals surface area contributed by atoms with Gasteiger partial charge in [0.15, 0.2) is 11.6 Å². The lowest BCUT2D eigenvalue weighted by molar-refractivity contribution is -0.134. The summed E-state index contributed by atoms with van der Waals surface area (Å²) >= 11 is 5.83. The Labute approximate surface area is 235 Å². The smallest absolute Gasteiger partial charge is 0.291 e. The first-order chi connectivity index (χ1) is 19.2. The van der Waals surface area contributed by atoms with Gasteiger partial charge in [-0.2, -0.15) is 0 Å². The maximum Gasteiger partial charge on any atom is 0.291 e. The number of nitrogens with one attached hydrogen (secondary N) is 2. The number of phenols is 1. The zero-order chi connectivity index (χ0) is 28.6. The lowest BCUT2D eigenvalue weighted by Crippen LogP contribution is -2.54. The average Bonchev–Trinajstić information content (AvgIpc) is 3.62. The molecule has 0 saturated carbocycles. The third-order valence-electron chi connectivity index (χ3n) is 7.48. The topological polar surface area (TPSA) is 120 Å². The Kier molecular flexibility index (Phi) is 7.77. The van der Waals surface area contributed by atoms with Crippen molar-refractivity contribution >= 4 is 35.0 Å². The number of rotatable bonds is 5. The molecule has 0 unspecified atom stereocenters. The zero-order valence-corrected chi connectivity index (χ0v) is 23.0. The Morgan fingerprint density at radius 2 is 1.85 bits per heavy atom.